The van der Waals surface area contributed by atoms with E-state index in [0.29, 0.717) is 0 Å². The number of rotatable bonds is 3. The van der Waals surface area contributed by atoms with Crippen molar-refractivity contribution in [2.75, 3.05) is 0 Å². The van der Waals surface area contributed by atoms with Gasteiger partial charge in [-0.1, -0.05) is 0 Å². The van der Waals surface area contributed by atoms with Crippen LogP contribution in [0.4, 0.5) is 0 Å². The first kappa shape index (κ1) is 8.02. The molecule has 2 heterocycles. The molecule has 0 bridgehead atoms. The lowest BCUT2D eigenvalue weighted by Gasteiger charge is -1.93. The van der Waals surface area contributed by atoms with Crippen LogP contribution in [0.1, 0.15) is 11.1 Å². The maximum absolute atomic E-state index is 2.26. The highest BCUT2D eigenvalue weighted by molar-refractivity contribution is 7.08. The average molecular weight is 193 g/mol. The van der Waals surface area contributed by atoms with Gasteiger partial charge >= 0.3 is 0 Å². The topological polar surface area (TPSA) is 0 Å². The Kier molecular flexibility index (Phi) is 2.59. The van der Waals surface area contributed by atoms with Crippen LogP contribution in [-0.2, 0) is 6.42 Å². The molecule has 0 saturated heterocycles. The van der Waals surface area contributed by atoms with Gasteiger partial charge < -0.3 is 0 Å². The van der Waals surface area contributed by atoms with Gasteiger partial charge in [-0.15, -0.1) is 0 Å². The van der Waals surface area contributed by atoms with Crippen molar-refractivity contribution in [1.29, 1.82) is 0 Å². The van der Waals surface area contributed by atoms with E-state index in [2.05, 4.69) is 40.1 Å². The molecule has 0 saturated carbocycles. The summed E-state index contributed by atoms with van der Waals surface area (Å²) >= 11 is 3.51. The Labute approximate surface area is 80.5 Å². The van der Waals surface area contributed by atoms with Crippen LogP contribution in [0.5, 0.6) is 0 Å². The molecule has 2 aromatic rings. The standard InChI is InChI=1S/C10H9S2/c1(9-3-5-11-7-9)2-10-4-6-12-8-10/h1,3-8H,2H2. The molecule has 0 unspecified atom stereocenters. The van der Waals surface area contributed by atoms with Crippen LogP contribution in [0.25, 0.3) is 0 Å². The molecule has 0 N–H and O–H groups in total. The van der Waals surface area contributed by atoms with E-state index in [-0.39, 0.29) is 0 Å². The molecule has 0 spiro atoms. The first-order valence-electron chi connectivity index (χ1n) is 3.81. The number of thiophene rings is 2. The van der Waals surface area contributed by atoms with Crippen molar-refractivity contribution in [2.45, 2.75) is 6.42 Å². The lowest BCUT2D eigenvalue weighted by atomic mass is 10.1. The minimum atomic E-state index is 1.06. The zero-order valence-corrected chi connectivity index (χ0v) is 8.20. The summed E-state index contributed by atoms with van der Waals surface area (Å²) in [5.41, 5.74) is 2.75. The van der Waals surface area contributed by atoms with Crippen LogP contribution >= 0.6 is 22.7 Å². The number of hydrogen-bond acceptors (Lipinski definition) is 2. The third kappa shape index (κ3) is 1.96. The van der Waals surface area contributed by atoms with Crippen molar-refractivity contribution in [3.63, 3.8) is 0 Å². The molecule has 61 valence electrons. The normalized spacial score (nSPS) is 10.3. The fourth-order valence-corrected chi connectivity index (χ4v) is 2.36. The van der Waals surface area contributed by atoms with E-state index < -0.39 is 0 Å². The average Bonchev–Trinajstić information content (AvgIpc) is 2.74. The second-order valence-corrected chi connectivity index (χ2v) is 4.16. The van der Waals surface area contributed by atoms with Crippen molar-refractivity contribution in [2.24, 2.45) is 0 Å². The van der Waals surface area contributed by atoms with Crippen molar-refractivity contribution in [3.05, 3.63) is 51.2 Å². The second kappa shape index (κ2) is 3.87. The summed E-state index contributed by atoms with van der Waals surface area (Å²) in [5, 5.41) is 8.60. The molecule has 0 aliphatic carbocycles. The molecular formula is C10H9S2. The van der Waals surface area contributed by atoms with E-state index in [1.807, 2.05) is 0 Å². The van der Waals surface area contributed by atoms with E-state index in [1.54, 1.807) is 22.7 Å². The third-order valence-electron chi connectivity index (χ3n) is 1.70. The van der Waals surface area contributed by atoms with Crippen LogP contribution < -0.4 is 0 Å². The molecule has 0 aliphatic rings. The van der Waals surface area contributed by atoms with Gasteiger partial charge in [-0.05, 0) is 57.6 Å². The highest BCUT2D eigenvalue weighted by Crippen LogP contribution is 2.14. The van der Waals surface area contributed by atoms with Crippen LogP contribution in [-0.4, -0.2) is 0 Å². The van der Waals surface area contributed by atoms with Gasteiger partial charge in [0.05, 0.1) is 0 Å². The molecule has 0 amide bonds. The molecule has 0 fully saturated rings. The van der Waals surface area contributed by atoms with Crippen molar-refractivity contribution in [3.8, 4) is 0 Å². The van der Waals surface area contributed by atoms with E-state index in [1.165, 1.54) is 11.1 Å². The van der Waals surface area contributed by atoms with Gasteiger partial charge in [-0.25, -0.2) is 0 Å². The monoisotopic (exact) mass is 193 g/mol. The Balaban J connectivity index is 1.91. The summed E-state index contributed by atoms with van der Waals surface area (Å²) in [7, 11) is 0. The Bertz CT molecular complexity index is 271. The van der Waals surface area contributed by atoms with E-state index in [0.717, 1.165) is 6.42 Å². The molecule has 2 rings (SSSR count). The fourth-order valence-electron chi connectivity index (χ4n) is 1.04. The predicted octanol–water partition coefficient (Wildman–Crippen LogP) is 3.60. The predicted molar refractivity (Wildman–Crippen MR) is 55.7 cm³/mol. The first-order valence-corrected chi connectivity index (χ1v) is 5.70. The van der Waals surface area contributed by atoms with Gasteiger partial charge in [0.2, 0.25) is 0 Å². The third-order valence-corrected chi connectivity index (χ3v) is 3.13. The molecule has 2 aromatic heterocycles. The van der Waals surface area contributed by atoms with Crippen LogP contribution in [0.15, 0.2) is 33.7 Å². The van der Waals surface area contributed by atoms with Gasteiger partial charge in [0.15, 0.2) is 0 Å². The first-order chi connectivity index (χ1) is 5.95. The van der Waals surface area contributed by atoms with Crippen molar-refractivity contribution >= 4 is 22.7 Å². The van der Waals surface area contributed by atoms with Crippen LogP contribution in [0, 0.1) is 6.42 Å². The summed E-state index contributed by atoms with van der Waals surface area (Å²) in [6, 6.07) is 4.32. The van der Waals surface area contributed by atoms with Gasteiger partial charge in [-0.2, -0.15) is 22.7 Å². The number of hydrogen-bond donors (Lipinski definition) is 0. The van der Waals surface area contributed by atoms with Crippen molar-refractivity contribution < 1.29 is 0 Å². The second-order valence-electron chi connectivity index (χ2n) is 2.60. The van der Waals surface area contributed by atoms with E-state index >= 15 is 0 Å². The van der Waals surface area contributed by atoms with Crippen LogP contribution in [0.3, 0.4) is 0 Å². The Morgan fingerprint density at radius 1 is 1.08 bits per heavy atom. The minimum Gasteiger partial charge on any atom is -0.152 e. The quantitative estimate of drug-likeness (QED) is 0.698. The Hall–Kier alpha value is -0.600. The van der Waals surface area contributed by atoms with Gasteiger partial charge in [0.1, 0.15) is 0 Å². The highest BCUT2D eigenvalue weighted by Gasteiger charge is 1.95. The Morgan fingerprint density at radius 2 is 1.92 bits per heavy atom. The lowest BCUT2D eigenvalue weighted by molar-refractivity contribution is 1.19. The maximum Gasteiger partial charge on any atom is -0.00406 e. The summed E-state index contributed by atoms with van der Waals surface area (Å²) in [4.78, 5) is 0. The van der Waals surface area contributed by atoms with Gasteiger partial charge in [-0.3, -0.25) is 0 Å². The summed E-state index contributed by atoms with van der Waals surface area (Å²) < 4.78 is 0. The smallest absolute Gasteiger partial charge is 0.00406 e. The molecular weight excluding hydrogens is 184 g/mol. The SMILES string of the molecule is [CH](Cc1ccsc1)c1ccsc1. The lowest BCUT2D eigenvalue weighted by Crippen LogP contribution is -1.82. The minimum absolute atomic E-state index is 1.06. The largest absolute Gasteiger partial charge is 0.152 e. The summed E-state index contributed by atoms with van der Waals surface area (Å²) in [6.45, 7) is 0. The van der Waals surface area contributed by atoms with E-state index in [4.69, 9.17) is 0 Å². The molecule has 1 radical (unpaired) electrons. The molecule has 12 heavy (non-hydrogen) atoms. The van der Waals surface area contributed by atoms with Gasteiger partial charge in [0.25, 0.3) is 0 Å². The zero-order chi connectivity index (χ0) is 8.23. The molecule has 2 heteroatoms. The maximum atomic E-state index is 2.26. The Morgan fingerprint density at radius 3 is 2.58 bits per heavy atom. The summed E-state index contributed by atoms with van der Waals surface area (Å²) in [6.07, 6.45) is 3.32. The highest BCUT2D eigenvalue weighted by atomic mass is 32.1. The fraction of sp³-hybridized carbons (Fsp3) is 0.100. The van der Waals surface area contributed by atoms with Crippen molar-refractivity contribution in [1.82, 2.24) is 0 Å². The molecule has 0 atom stereocenters. The zero-order valence-electron chi connectivity index (χ0n) is 6.57. The van der Waals surface area contributed by atoms with Gasteiger partial charge in [0, 0.05) is 0 Å². The molecule has 0 aromatic carbocycles. The van der Waals surface area contributed by atoms with Crippen LogP contribution in [0.2, 0.25) is 0 Å². The van der Waals surface area contributed by atoms with E-state index in [9.17, 15) is 0 Å². The summed E-state index contributed by atoms with van der Waals surface area (Å²) in [5.74, 6) is 0. The molecule has 0 aliphatic heterocycles. The molecule has 0 nitrogen and oxygen atoms in total.